The van der Waals surface area contributed by atoms with E-state index < -0.39 is 28.6 Å². The predicted molar refractivity (Wildman–Crippen MR) is 89.2 cm³/mol. The summed E-state index contributed by atoms with van der Waals surface area (Å²) < 4.78 is -1.26. The van der Waals surface area contributed by atoms with Gasteiger partial charge in [-0.15, -0.1) is 0 Å². The van der Waals surface area contributed by atoms with Crippen LogP contribution in [0.2, 0.25) is 0 Å². The Balaban J connectivity index is 0.000000251. The average molecular weight is 366 g/mol. The Morgan fingerprint density at radius 3 is 1.52 bits per heavy atom. The molecule has 132 valence electrons. The Labute approximate surface area is 147 Å². The van der Waals surface area contributed by atoms with E-state index in [9.17, 15) is 19.2 Å². The summed E-state index contributed by atoms with van der Waals surface area (Å²) in [7, 11) is 0. The van der Waals surface area contributed by atoms with Crippen molar-refractivity contribution in [2.75, 3.05) is 0 Å². The largest absolute Gasteiger partial charge is 0.480 e. The third-order valence-electron chi connectivity index (χ3n) is 3.17. The van der Waals surface area contributed by atoms with Crippen LogP contribution < -0.4 is 0 Å². The molecule has 1 aromatic rings. The minimum absolute atomic E-state index is 0.0833. The van der Waals surface area contributed by atoms with Gasteiger partial charge in [0, 0.05) is 0 Å². The molecule has 2 rings (SSSR count). The van der Waals surface area contributed by atoms with Crippen LogP contribution >= 0.6 is 12.6 Å². The maximum atomic E-state index is 10.6. The molecule has 0 aromatic heterocycles. The summed E-state index contributed by atoms with van der Waals surface area (Å²) >= 11 is 3.93. The minimum atomic E-state index is -1.26. The van der Waals surface area contributed by atoms with Crippen molar-refractivity contribution in [1.29, 1.82) is 0 Å². The lowest BCUT2D eigenvalue weighted by atomic mass is 9.96. The molecule has 0 fully saturated rings. The Morgan fingerprint density at radius 2 is 1.28 bits per heavy atom. The van der Waals surface area contributed by atoms with Gasteiger partial charge in [0.1, 0.15) is 4.75 Å². The summed E-state index contributed by atoms with van der Waals surface area (Å²) in [6.07, 6.45) is 3.97. The number of thiol groups is 1. The maximum absolute atomic E-state index is 10.6. The molecule has 25 heavy (non-hydrogen) atoms. The van der Waals surface area contributed by atoms with E-state index in [2.05, 4.69) is 12.6 Å². The number of allylic oxidation sites excluding steroid dienone is 1. The van der Waals surface area contributed by atoms with E-state index in [4.69, 9.17) is 20.4 Å². The molecule has 1 unspecified atom stereocenters. The number of hydrogen-bond donors (Lipinski definition) is 5. The van der Waals surface area contributed by atoms with E-state index in [0.717, 1.165) is 0 Å². The number of carbonyl (C=O) groups is 4. The quantitative estimate of drug-likeness (QED) is 0.506. The van der Waals surface area contributed by atoms with E-state index in [1.54, 1.807) is 0 Å². The van der Waals surface area contributed by atoms with E-state index in [1.807, 2.05) is 0 Å². The second-order valence-electron chi connectivity index (χ2n) is 4.92. The Hall–Kier alpha value is -3.07. The van der Waals surface area contributed by atoms with Gasteiger partial charge in [-0.25, -0.2) is 14.4 Å². The monoisotopic (exact) mass is 366 g/mol. The maximum Gasteiger partial charge on any atom is 0.335 e. The molecular formula is C16H14O8S. The van der Waals surface area contributed by atoms with Crippen molar-refractivity contribution in [1.82, 2.24) is 0 Å². The number of carboxylic acid groups (broad SMARTS) is 4. The predicted octanol–water partition coefficient (Wildman–Crippen LogP) is 1.79. The van der Waals surface area contributed by atoms with Crippen LogP contribution in [0.15, 0.2) is 48.1 Å². The molecule has 0 heterocycles. The smallest absolute Gasteiger partial charge is 0.335 e. The van der Waals surface area contributed by atoms with Gasteiger partial charge in [-0.1, -0.05) is 18.2 Å². The molecule has 1 aromatic carbocycles. The summed E-state index contributed by atoms with van der Waals surface area (Å²) in [5.74, 6) is -4.26. The first kappa shape index (κ1) is 20.0. The average Bonchev–Trinajstić information content (AvgIpc) is 2.55. The number of rotatable bonds is 4. The highest BCUT2D eigenvalue weighted by molar-refractivity contribution is 7.83. The van der Waals surface area contributed by atoms with E-state index >= 15 is 0 Å². The molecule has 1 atom stereocenters. The van der Waals surface area contributed by atoms with Crippen molar-refractivity contribution in [3.63, 3.8) is 0 Å². The summed E-state index contributed by atoms with van der Waals surface area (Å²) in [6.45, 7) is 0. The fraction of sp³-hybridized carbons (Fsp3) is 0.125. The second-order valence-corrected chi connectivity index (χ2v) is 5.72. The number of aromatic carboxylic acids is 2. The van der Waals surface area contributed by atoms with Gasteiger partial charge in [0.25, 0.3) is 0 Å². The lowest BCUT2D eigenvalue weighted by Crippen LogP contribution is -2.31. The molecule has 0 amide bonds. The highest BCUT2D eigenvalue weighted by Crippen LogP contribution is 2.27. The van der Waals surface area contributed by atoms with Gasteiger partial charge in [0.15, 0.2) is 0 Å². The van der Waals surface area contributed by atoms with Crippen molar-refractivity contribution in [3.05, 3.63) is 59.2 Å². The first-order chi connectivity index (χ1) is 11.6. The molecule has 0 radical (unpaired) electrons. The molecule has 4 N–H and O–H groups in total. The van der Waals surface area contributed by atoms with E-state index in [0.29, 0.717) is 0 Å². The van der Waals surface area contributed by atoms with Crippen molar-refractivity contribution in [2.24, 2.45) is 0 Å². The van der Waals surface area contributed by atoms with Gasteiger partial charge < -0.3 is 20.4 Å². The summed E-state index contributed by atoms with van der Waals surface area (Å²) in [5.41, 5.74) is 0.269. The van der Waals surface area contributed by atoms with Crippen molar-refractivity contribution < 1.29 is 39.6 Å². The zero-order chi connectivity index (χ0) is 19.2. The molecule has 8 nitrogen and oxygen atoms in total. The lowest BCUT2D eigenvalue weighted by molar-refractivity contribution is -0.138. The normalized spacial score (nSPS) is 18.4. The third kappa shape index (κ3) is 5.50. The molecule has 0 saturated heterocycles. The van der Waals surface area contributed by atoms with Crippen LogP contribution in [0, 0.1) is 0 Å². The number of benzene rings is 1. The highest BCUT2D eigenvalue weighted by Gasteiger charge is 2.32. The molecule has 9 heteroatoms. The Morgan fingerprint density at radius 1 is 0.840 bits per heavy atom. The van der Waals surface area contributed by atoms with Crippen LogP contribution in [-0.2, 0) is 9.59 Å². The van der Waals surface area contributed by atoms with Gasteiger partial charge >= 0.3 is 23.9 Å². The van der Waals surface area contributed by atoms with Gasteiger partial charge in [0.05, 0.1) is 16.7 Å². The first-order valence-electron chi connectivity index (χ1n) is 6.72. The summed E-state index contributed by atoms with van der Waals surface area (Å²) in [6, 6.07) is 5.02. The van der Waals surface area contributed by atoms with Crippen LogP contribution in [0.1, 0.15) is 27.1 Å². The molecule has 0 spiro atoms. The van der Waals surface area contributed by atoms with Crippen LogP contribution in [0.25, 0.3) is 0 Å². The molecule has 1 aliphatic rings. The Kier molecular flexibility index (Phi) is 6.52. The molecule has 1 aliphatic carbocycles. The van der Waals surface area contributed by atoms with E-state index in [-0.39, 0.29) is 23.1 Å². The van der Waals surface area contributed by atoms with Crippen molar-refractivity contribution in [2.45, 2.75) is 11.2 Å². The Bertz CT molecular complexity index is 730. The fourth-order valence-corrected chi connectivity index (χ4v) is 1.87. The lowest BCUT2D eigenvalue weighted by Gasteiger charge is -2.20. The van der Waals surface area contributed by atoms with Crippen LogP contribution in [0.3, 0.4) is 0 Å². The number of carboxylic acids is 4. The zero-order valence-corrected chi connectivity index (χ0v) is 13.5. The fourth-order valence-electron chi connectivity index (χ4n) is 1.70. The highest BCUT2D eigenvalue weighted by atomic mass is 32.1. The molecule has 0 saturated carbocycles. The number of aliphatic carboxylic acids is 2. The summed E-state index contributed by atoms with van der Waals surface area (Å²) in [5, 5.41) is 34.2. The SMILES string of the molecule is O=C(O)C1=CCC(S)(C(=O)O)C=C1.O=C(O)c1ccc(C(=O)O)cc1. The standard InChI is InChI=1S/C8H8O4S.C8H6O4/c9-6(10)5-1-3-8(13,4-2-5)7(11)12;9-7(10)5-1-2-6(4-3-5)8(11)12/h1-3,13H,4H2,(H,9,10)(H,11,12);1-4H,(H,9,10)(H,11,12). The zero-order valence-electron chi connectivity index (χ0n) is 12.6. The van der Waals surface area contributed by atoms with Crippen LogP contribution in [0.5, 0.6) is 0 Å². The minimum Gasteiger partial charge on any atom is -0.480 e. The third-order valence-corrected chi connectivity index (χ3v) is 3.69. The van der Waals surface area contributed by atoms with Gasteiger partial charge in [-0.05, 0) is 30.7 Å². The topological polar surface area (TPSA) is 149 Å². The van der Waals surface area contributed by atoms with Crippen molar-refractivity contribution >= 4 is 36.5 Å². The van der Waals surface area contributed by atoms with Crippen LogP contribution in [-0.4, -0.2) is 49.1 Å². The molecule has 0 aliphatic heterocycles. The molecule has 0 bridgehead atoms. The number of hydrogen-bond acceptors (Lipinski definition) is 5. The summed E-state index contributed by atoms with van der Waals surface area (Å²) in [4.78, 5) is 41.8. The molecular weight excluding hydrogens is 352 g/mol. The van der Waals surface area contributed by atoms with Gasteiger partial charge in [-0.3, -0.25) is 4.79 Å². The van der Waals surface area contributed by atoms with Crippen molar-refractivity contribution in [3.8, 4) is 0 Å². The first-order valence-corrected chi connectivity index (χ1v) is 7.16. The second kappa shape index (κ2) is 8.15. The van der Waals surface area contributed by atoms with Gasteiger partial charge in [-0.2, -0.15) is 12.6 Å². The van der Waals surface area contributed by atoms with Gasteiger partial charge in [0.2, 0.25) is 0 Å². The van der Waals surface area contributed by atoms with E-state index in [1.165, 1.54) is 42.5 Å². The van der Waals surface area contributed by atoms with Crippen LogP contribution in [0.4, 0.5) is 0 Å².